The third kappa shape index (κ3) is 5.93. The van der Waals surface area contributed by atoms with Gasteiger partial charge in [0.15, 0.2) is 11.5 Å². The number of ether oxygens (including phenoxy) is 2. The van der Waals surface area contributed by atoms with Gasteiger partial charge in [-0.15, -0.1) is 0 Å². The molecular weight excluding hydrogens is 433 g/mol. The molecule has 0 aliphatic rings. The van der Waals surface area contributed by atoms with Crippen molar-refractivity contribution >= 4 is 29.1 Å². The van der Waals surface area contributed by atoms with Gasteiger partial charge in [0.1, 0.15) is 6.61 Å². The van der Waals surface area contributed by atoms with E-state index in [0.29, 0.717) is 27.1 Å². The highest BCUT2D eigenvalue weighted by Gasteiger charge is 2.15. The Kier molecular flexibility index (Phi) is 7.83. The first kappa shape index (κ1) is 23.0. The van der Waals surface area contributed by atoms with Gasteiger partial charge in [-0.1, -0.05) is 60.5 Å². The van der Waals surface area contributed by atoms with Gasteiger partial charge in [0.2, 0.25) is 0 Å². The van der Waals surface area contributed by atoms with Gasteiger partial charge in [-0.3, -0.25) is 4.79 Å². The number of nitrogens with one attached hydrogen (secondary N) is 1. The van der Waals surface area contributed by atoms with E-state index in [1.165, 1.54) is 12.7 Å². The number of benzene rings is 3. The second-order valence-electron chi connectivity index (χ2n) is 7.18. The smallest absolute Gasteiger partial charge is 0.251 e. The lowest BCUT2D eigenvalue weighted by atomic mass is 10.0. The van der Waals surface area contributed by atoms with E-state index >= 15 is 0 Å². The van der Waals surface area contributed by atoms with Crippen LogP contribution in [0.4, 0.5) is 0 Å². The number of carbonyl (C=O) groups is 1. The molecule has 0 bridgehead atoms. The molecule has 0 aliphatic carbocycles. The fraction of sp³-hybridized carbons (Fsp3) is 0.240. The summed E-state index contributed by atoms with van der Waals surface area (Å²) in [6, 6.07) is 18.5. The zero-order valence-electron chi connectivity index (χ0n) is 17.7. The van der Waals surface area contributed by atoms with E-state index in [1.54, 1.807) is 30.3 Å². The predicted octanol–water partition coefficient (Wildman–Crippen LogP) is 6.63. The summed E-state index contributed by atoms with van der Waals surface area (Å²) < 4.78 is 11.3. The first-order chi connectivity index (χ1) is 14.9. The van der Waals surface area contributed by atoms with Crippen molar-refractivity contribution in [1.82, 2.24) is 5.32 Å². The van der Waals surface area contributed by atoms with Crippen molar-refractivity contribution in [2.45, 2.75) is 32.9 Å². The number of amides is 1. The summed E-state index contributed by atoms with van der Waals surface area (Å²) in [5, 5.41) is 4.12. The number of aryl methyl sites for hydroxylation is 1. The minimum atomic E-state index is -0.183. The van der Waals surface area contributed by atoms with E-state index < -0.39 is 0 Å². The molecule has 1 N–H and O–H groups in total. The first-order valence-electron chi connectivity index (χ1n) is 10.1. The number of methoxy groups -OCH3 is 1. The average molecular weight is 458 g/mol. The summed E-state index contributed by atoms with van der Waals surface area (Å²) >= 11 is 12.1. The highest BCUT2D eigenvalue weighted by Crippen LogP contribution is 2.30. The van der Waals surface area contributed by atoms with Gasteiger partial charge in [0, 0.05) is 21.2 Å². The lowest BCUT2D eigenvalue weighted by Crippen LogP contribution is -2.26. The minimum absolute atomic E-state index is 0.118. The normalized spacial score (nSPS) is 11.6. The van der Waals surface area contributed by atoms with Gasteiger partial charge >= 0.3 is 0 Å². The fourth-order valence-electron chi connectivity index (χ4n) is 3.13. The fourth-order valence-corrected chi connectivity index (χ4v) is 3.59. The van der Waals surface area contributed by atoms with Gasteiger partial charge in [-0.05, 0) is 54.8 Å². The van der Waals surface area contributed by atoms with Crippen molar-refractivity contribution in [3.05, 3.63) is 93.0 Å². The molecule has 1 amide bonds. The van der Waals surface area contributed by atoms with Crippen molar-refractivity contribution in [3.8, 4) is 11.5 Å². The van der Waals surface area contributed by atoms with Crippen molar-refractivity contribution in [1.29, 1.82) is 0 Å². The molecule has 0 aromatic heterocycles. The molecular formula is C25H25Cl2NO3. The number of rotatable bonds is 8. The summed E-state index contributed by atoms with van der Waals surface area (Å²) in [6.45, 7) is 4.33. The van der Waals surface area contributed by atoms with Crippen LogP contribution in [0.25, 0.3) is 0 Å². The molecule has 3 aromatic rings. The molecule has 0 saturated carbocycles. The highest BCUT2D eigenvalue weighted by atomic mass is 35.5. The topological polar surface area (TPSA) is 47.6 Å². The Morgan fingerprint density at radius 1 is 1.00 bits per heavy atom. The molecule has 1 atom stereocenters. The molecule has 3 aromatic carbocycles. The number of halogens is 2. The quantitative estimate of drug-likeness (QED) is 0.412. The standard InChI is InChI=1S/C25H25Cl2NO3/c1-4-17-5-7-18(8-6-17)16(2)28-25(29)19-10-12-23(24(13-19)30-3)31-15-20-9-11-21(26)14-22(20)27/h5-14,16H,4,15H2,1-3H3,(H,28,29)/t16-/m0/s1. The summed E-state index contributed by atoms with van der Waals surface area (Å²) in [6.07, 6.45) is 0.986. The average Bonchev–Trinajstić information content (AvgIpc) is 2.78. The van der Waals surface area contributed by atoms with Crippen LogP contribution in [0.2, 0.25) is 10.0 Å². The van der Waals surface area contributed by atoms with Crippen LogP contribution in [-0.4, -0.2) is 13.0 Å². The van der Waals surface area contributed by atoms with Gasteiger partial charge in [0.25, 0.3) is 5.91 Å². The Balaban J connectivity index is 1.68. The third-order valence-corrected chi connectivity index (χ3v) is 5.65. The lowest BCUT2D eigenvalue weighted by Gasteiger charge is -2.16. The Morgan fingerprint density at radius 3 is 2.39 bits per heavy atom. The van der Waals surface area contributed by atoms with Crippen LogP contribution in [0.1, 0.15) is 46.9 Å². The molecule has 0 aliphatic heterocycles. The maximum atomic E-state index is 12.7. The third-order valence-electron chi connectivity index (χ3n) is 5.06. The largest absolute Gasteiger partial charge is 0.493 e. The van der Waals surface area contributed by atoms with Crippen LogP contribution in [0, 0.1) is 0 Å². The second kappa shape index (κ2) is 10.6. The Hall–Kier alpha value is -2.69. The van der Waals surface area contributed by atoms with Crippen LogP contribution < -0.4 is 14.8 Å². The highest BCUT2D eigenvalue weighted by molar-refractivity contribution is 6.35. The number of hydrogen-bond acceptors (Lipinski definition) is 3. The SMILES string of the molecule is CCc1ccc([C@H](C)NC(=O)c2ccc(OCc3ccc(Cl)cc3Cl)c(OC)c2)cc1. The molecule has 4 nitrogen and oxygen atoms in total. The second-order valence-corrected chi connectivity index (χ2v) is 8.02. The monoisotopic (exact) mass is 457 g/mol. The van der Waals surface area contributed by atoms with E-state index in [4.69, 9.17) is 32.7 Å². The van der Waals surface area contributed by atoms with Crippen molar-refractivity contribution in [3.63, 3.8) is 0 Å². The summed E-state index contributed by atoms with van der Waals surface area (Å²) in [7, 11) is 1.54. The van der Waals surface area contributed by atoms with E-state index in [0.717, 1.165) is 17.5 Å². The number of hydrogen-bond donors (Lipinski definition) is 1. The van der Waals surface area contributed by atoms with Crippen LogP contribution in [0.3, 0.4) is 0 Å². The summed E-state index contributed by atoms with van der Waals surface area (Å²) in [5.74, 6) is 0.809. The Labute approximate surface area is 193 Å². The Bertz CT molecular complexity index is 1050. The molecule has 0 unspecified atom stereocenters. The van der Waals surface area contributed by atoms with Crippen LogP contribution in [0.5, 0.6) is 11.5 Å². The van der Waals surface area contributed by atoms with Crippen molar-refractivity contribution in [2.24, 2.45) is 0 Å². The molecule has 162 valence electrons. The molecule has 0 fully saturated rings. The van der Waals surface area contributed by atoms with Gasteiger partial charge in [-0.2, -0.15) is 0 Å². The van der Waals surface area contributed by atoms with Crippen LogP contribution >= 0.6 is 23.2 Å². The van der Waals surface area contributed by atoms with E-state index in [2.05, 4.69) is 24.4 Å². The first-order valence-corrected chi connectivity index (χ1v) is 10.8. The molecule has 3 rings (SSSR count). The molecule has 0 heterocycles. The van der Waals surface area contributed by atoms with Crippen molar-refractivity contribution < 1.29 is 14.3 Å². The summed E-state index contributed by atoms with van der Waals surface area (Å²) in [5.41, 5.74) is 3.61. The van der Waals surface area contributed by atoms with Gasteiger partial charge in [0.05, 0.1) is 13.2 Å². The number of carbonyl (C=O) groups excluding carboxylic acids is 1. The molecule has 0 saturated heterocycles. The summed E-state index contributed by atoms with van der Waals surface area (Å²) in [4.78, 5) is 12.7. The van der Waals surface area contributed by atoms with Crippen LogP contribution in [0.15, 0.2) is 60.7 Å². The van der Waals surface area contributed by atoms with E-state index in [9.17, 15) is 4.79 Å². The zero-order chi connectivity index (χ0) is 22.4. The van der Waals surface area contributed by atoms with Crippen molar-refractivity contribution in [2.75, 3.05) is 7.11 Å². The zero-order valence-corrected chi connectivity index (χ0v) is 19.3. The van der Waals surface area contributed by atoms with Crippen LogP contribution in [-0.2, 0) is 13.0 Å². The molecule has 6 heteroatoms. The lowest BCUT2D eigenvalue weighted by molar-refractivity contribution is 0.0939. The van der Waals surface area contributed by atoms with Gasteiger partial charge < -0.3 is 14.8 Å². The maximum Gasteiger partial charge on any atom is 0.251 e. The molecule has 0 spiro atoms. The maximum absolute atomic E-state index is 12.7. The Morgan fingerprint density at radius 2 is 1.74 bits per heavy atom. The minimum Gasteiger partial charge on any atom is -0.493 e. The van der Waals surface area contributed by atoms with E-state index in [-0.39, 0.29) is 18.6 Å². The molecule has 0 radical (unpaired) electrons. The van der Waals surface area contributed by atoms with Gasteiger partial charge in [-0.25, -0.2) is 0 Å². The molecule has 31 heavy (non-hydrogen) atoms. The predicted molar refractivity (Wildman–Crippen MR) is 125 cm³/mol. The van der Waals surface area contributed by atoms with E-state index in [1.807, 2.05) is 25.1 Å².